The fourth-order valence-electron chi connectivity index (χ4n) is 10.5. The summed E-state index contributed by atoms with van der Waals surface area (Å²) in [6, 6.07) is 21.1. The average molecular weight is 1090 g/mol. The maximum absolute atomic E-state index is 15.4. The molecule has 2 aromatic heterocycles. The van der Waals surface area contributed by atoms with Crippen LogP contribution in [-0.4, -0.2) is 90.3 Å². The van der Waals surface area contributed by atoms with Crippen LogP contribution in [0.2, 0.25) is 0 Å². The van der Waals surface area contributed by atoms with E-state index in [-0.39, 0.29) is 46.2 Å². The van der Waals surface area contributed by atoms with Crippen molar-refractivity contribution in [1.82, 2.24) is 9.97 Å². The van der Waals surface area contributed by atoms with Crippen LogP contribution in [0.4, 0.5) is 38.1 Å². The van der Waals surface area contributed by atoms with Crippen LogP contribution in [-0.2, 0) is 39.1 Å². The summed E-state index contributed by atoms with van der Waals surface area (Å²) in [7, 11) is 0. The molecule has 2 saturated heterocycles. The van der Waals surface area contributed by atoms with Crippen LogP contribution >= 0.6 is 0 Å². The van der Waals surface area contributed by atoms with Crippen molar-refractivity contribution in [2.75, 3.05) is 36.0 Å². The van der Waals surface area contributed by atoms with Crippen molar-refractivity contribution in [2.24, 2.45) is 0 Å². The van der Waals surface area contributed by atoms with Crippen LogP contribution in [0.1, 0.15) is 78.2 Å². The first-order valence-electron chi connectivity index (χ1n) is 23.3. The number of ether oxygens (including phenoxy) is 2. The van der Waals surface area contributed by atoms with E-state index in [9.17, 15) is 42.1 Å². The molecule has 0 aliphatic carbocycles. The summed E-state index contributed by atoms with van der Waals surface area (Å²) in [5.41, 5.74) is -4.35. The molecule has 17 nitrogen and oxygen atoms in total. The number of benzene rings is 4. The van der Waals surface area contributed by atoms with Crippen molar-refractivity contribution in [3.8, 4) is 17.9 Å². The molecule has 4 aliphatic heterocycles. The molecule has 0 saturated carbocycles. The van der Waals surface area contributed by atoms with Gasteiger partial charge in [-0.1, -0.05) is 30.3 Å². The molecule has 4 aromatic carbocycles. The summed E-state index contributed by atoms with van der Waals surface area (Å²) < 4.78 is 111. The van der Waals surface area contributed by atoms with Gasteiger partial charge in [-0.05, 0) is 5.56 Å². The summed E-state index contributed by atoms with van der Waals surface area (Å²) in [4.78, 5) is 58.7. The number of nitrogens with zero attached hydrogens (tertiary/aromatic N) is 6. The van der Waals surface area contributed by atoms with E-state index in [1.54, 1.807) is 18.2 Å². The molecule has 6 heterocycles. The molecule has 6 aromatic rings. The van der Waals surface area contributed by atoms with Gasteiger partial charge in [0, 0.05) is 0 Å². The Bertz CT molecular complexity index is 3500. The quantitative estimate of drug-likeness (QED) is 0.0253. The average Bonchev–Trinajstić information content (AvgIpc) is 4.30. The molecule has 75 heavy (non-hydrogen) atoms. The third-order valence-electron chi connectivity index (χ3n) is 14.8. The molecular weight excluding hydrogens is 1050 g/mol. The second kappa shape index (κ2) is 17.7. The number of carbonyl (C=O) groups excluding carboxylic acids is 3. The number of halogens is 5. The first kappa shape index (κ1) is 50.7. The minimum atomic E-state index is -6.78. The van der Waals surface area contributed by atoms with E-state index in [0.29, 0.717) is 35.1 Å². The normalized spacial score (nSPS) is 24.5. The van der Waals surface area contributed by atoms with E-state index in [0.717, 1.165) is 11.1 Å². The van der Waals surface area contributed by atoms with Crippen LogP contribution in [0, 0.1) is 64.9 Å². The van der Waals surface area contributed by atoms with Crippen molar-refractivity contribution >= 4 is 69.3 Å². The Balaban J connectivity index is 1.15. The Morgan fingerprint density at radius 3 is 1.84 bits per heavy atom. The van der Waals surface area contributed by atoms with Gasteiger partial charge in [0.1, 0.15) is 6.61 Å². The van der Waals surface area contributed by atoms with Gasteiger partial charge in [0.05, 0.1) is 0 Å². The molecule has 10 rings (SSSR count). The van der Waals surface area contributed by atoms with Gasteiger partial charge < -0.3 is 0 Å². The molecule has 4 atom stereocenters. The number of amides is 2. The van der Waals surface area contributed by atoms with E-state index in [1.165, 1.54) is 49.6 Å². The zero-order chi connectivity index (χ0) is 53.6. The first-order chi connectivity index (χ1) is 35.6. The number of hydrogen-bond acceptors (Lipinski definition) is 11. The van der Waals surface area contributed by atoms with Gasteiger partial charge in [-0.25, -0.2) is 0 Å². The van der Waals surface area contributed by atoms with Crippen molar-refractivity contribution < 1.29 is 60.7 Å². The number of nitriles is 2. The monoisotopic (exact) mass is 1090 g/mol. The summed E-state index contributed by atoms with van der Waals surface area (Å²) in [5, 5.41) is 21.4. The summed E-state index contributed by atoms with van der Waals surface area (Å²) in [6.07, 6.45) is -0.964. The summed E-state index contributed by atoms with van der Waals surface area (Å²) in [6.45, 7) is 21.5. The molecule has 384 valence electrons. The molecule has 4 unspecified atom stereocenters. The van der Waals surface area contributed by atoms with Crippen LogP contribution in [0.3, 0.4) is 0 Å². The standard InChI is InChI=1S/C52H42AsF5N8O9/c1-49(16-18-59)50(2,17-19-60)73-53(72-49,74-51(3,26-61-5)52(4,75-53)27-62-6)33-24-35-32(23-37(64-35)47(68)71-45-42(57)40(55)39(54)41(56)43(45)58)30-15-21-66(44(30)33)46(67)36-22-31-29-14-20-65(38(29)13-12-34(31)63-36)48(69)70-25-28-10-8-7-9-11-28/h7-13,22-24,63-64H,14-17,20-21,25-27H2,1-4H3. The molecule has 0 radical (unpaired) electrons. The second-order valence-electron chi connectivity index (χ2n) is 19.4. The number of carbonyl (C=O) groups is 3. The molecule has 0 bridgehead atoms. The fraction of sp³-hybridized carbons (Fsp3) is 0.327. The predicted molar refractivity (Wildman–Crippen MR) is 258 cm³/mol. The van der Waals surface area contributed by atoms with E-state index < -0.39 is 121 Å². The summed E-state index contributed by atoms with van der Waals surface area (Å²) >= 11 is -6.78. The van der Waals surface area contributed by atoms with Crippen molar-refractivity contribution in [3.63, 3.8) is 0 Å². The van der Waals surface area contributed by atoms with Gasteiger partial charge in [-0.3, -0.25) is 0 Å². The predicted octanol–water partition coefficient (Wildman–Crippen LogP) is 8.86. The molecule has 2 fully saturated rings. The Morgan fingerprint density at radius 1 is 0.707 bits per heavy atom. The van der Waals surface area contributed by atoms with Gasteiger partial charge in [0.15, 0.2) is 0 Å². The molecule has 2 amide bonds. The van der Waals surface area contributed by atoms with Crippen LogP contribution in [0.15, 0.2) is 60.7 Å². The Labute approximate surface area is 425 Å². The van der Waals surface area contributed by atoms with E-state index >= 15 is 4.79 Å². The zero-order valence-corrected chi connectivity index (χ0v) is 42.2. The van der Waals surface area contributed by atoms with E-state index in [1.807, 2.05) is 30.3 Å². The van der Waals surface area contributed by atoms with E-state index in [4.69, 9.17) is 37.5 Å². The molecule has 2 N–H and O–H groups in total. The fourth-order valence-corrected chi connectivity index (χ4v) is 21.7. The van der Waals surface area contributed by atoms with Gasteiger partial charge >= 0.3 is 385 Å². The molecular formula is C52H42AsF5N8O9. The Kier molecular flexibility index (Phi) is 11.9. The number of aromatic nitrogens is 2. The topological polar surface area (TPSA) is 201 Å². The number of H-pyrrole nitrogens is 2. The number of fused-ring (bicyclic) bond motifs is 6. The third kappa shape index (κ3) is 7.54. The molecule has 4 aliphatic rings. The second-order valence-corrected chi connectivity index (χ2v) is 25.4. The molecule has 23 heteroatoms. The van der Waals surface area contributed by atoms with Crippen LogP contribution in [0.25, 0.3) is 31.5 Å². The van der Waals surface area contributed by atoms with Crippen LogP contribution in [0.5, 0.6) is 5.75 Å². The minimum absolute atomic E-state index is 0.00891. The van der Waals surface area contributed by atoms with Crippen LogP contribution < -0.4 is 18.9 Å². The maximum atomic E-state index is 15.4. The number of rotatable bonds is 10. The summed E-state index contributed by atoms with van der Waals surface area (Å²) in [5.74, 6) is -16.1. The number of esters is 1. The Hall–Kier alpha value is -7.82. The van der Waals surface area contributed by atoms with Gasteiger partial charge in [-0.2, -0.15) is 0 Å². The Morgan fingerprint density at radius 2 is 1.24 bits per heavy atom. The number of hydrogen-bond donors (Lipinski definition) is 2. The third-order valence-corrected chi connectivity index (χ3v) is 23.1. The first-order valence-corrected chi connectivity index (χ1v) is 27.3. The SMILES string of the molecule is [C-]#[N+]CC1(C)O[As]2(c3cc4[nH]c(C(=O)Oc5c(F)c(F)c(F)c(F)c5F)cc4c4c3N(C(=O)c3cc5c6c(ccc5[nH]3)N(C(=O)OCc3ccccc3)CC6)CC4)(OC(C)(CC#N)C(C)(CC#N)O2)OC1(C)C[N+]#[C-]. The number of aromatic amines is 2. The zero-order valence-electron chi connectivity index (χ0n) is 40.3. The van der Waals surface area contributed by atoms with Crippen molar-refractivity contribution in [1.29, 1.82) is 10.5 Å². The van der Waals surface area contributed by atoms with Crippen molar-refractivity contribution in [2.45, 2.75) is 82.4 Å². The van der Waals surface area contributed by atoms with Gasteiger partial charge in [0.25, 0.3) is 0 Å². The van der Waals surface area contributed by atoms with Gasteiger partial charge in [-0.15, -0.1) is 0 Å². The number of anilines is 2. The molecule has 1 spiro atoms. The van der Waals surface area contributed by atoms with Crippen molar-refractivity contribution in [3.05, 3.63) is 141 Å². The van der Waals surface area contributed by atoms with Gasteiger partial charge in [0.2, 0.25) is 0 Å². The van der Waals surface area contributed by atoms with E-state index in [2.05, 4.69) is 31.8 Å². The number of nitrogens with one attached hydrogen (secondary N) is 2.